The summed E-state index contributed by atoms with van der Waals surface area (Å²) in [6.07, 6.45) is 0.372. The molecule has 2 aromatic rings. The van der Waals surface area contributed by atoms with E-state index in [4.69, 9.17) is 9.47 Å². The number of fused-ring (bicyclic) bond motifs is 1. The first-order valence-corrected chi connectivity index (χ1v) is 7.54. The Labute approximate surface area is 134 Å². The molecule has 3 rings (SSSR count). The molecule has 0 amide bonds. The lowest BCUT2D eigenvalue weighted by molar-refractivity contribution is -0.146. The number of carbonyl (C=O) groups excluding carboxylic acids is 2. The van der Waals surface area contributed by atoms with Crippen LogP contribution in [0.1, 0.15) is 18.0 Å². The molecule has 3 atom stereocenters. The van der Waals surface area contributed by atoms with Crippen molar-refractivity contribution >= 4 is 22.7 Å². The van der Waals surface area contributed by atoms with E-state index < -0.39 is 12.0 Å². The molecule has 0 aromatic heterocycles. The molecule has 2 aromatic carbocycles. The van der Waals surface area contributed by atoms with Gasteiger partial charge in [-0.25, -0.2) is 0 Å². The fraction of sp³-hybridized carbons (Fsp3) is 0.333. The molecule has 1 fully saturated rings. The number of methoxy groups -OCH3 is 2. The van der Waals surface area contributed by atoms with Gasteiger partial charge in [-0.3, -0.25) is 14.9 Å². The van der Waals surface area contributed by atoms with Crippen molar-refractivity contribution in [1.29, 1.82) is 0 Å². The molecular weight excluding hydrogens is 294 g/mol. The van der Waals surface area contributed by atoms with Gasteiger partial charge in [0.05, 0.1) is 20.1 Å². The minimum Gasteiger partial charge on any atom is -0.469 e. The van der Waals surface area contributed by atoms with Gasteiger partial charge in [-0.15, -0.1) is 0 Å². The summed E-state index contributed by atoms with van der Waals surface area (Å²) in [5.41, 5.74) is 0.963. The molecule has 0 radical (unpaired) electrons. The van der Waals surface area contributed by atoms with E-state index in [1.54, 1.807) is 0 Å². The van der Waals surface area contributed by atoms with Crippen molar-refractivity contribution < 1.29 is 19.1 Å². The van der Waals surface area contributed by atoms with Gasteiger partial charge in [0.25, 0.3) is 0 Å². The molecule has 1 aliphatic heterocycles. The summed E-state index contributed by atoms with van der Waals surface area (Å²) >= 11 is 0. The van der Waals surface area contributed by atoms with Crippen LogP contribution in [-0.4, -0.2) is 32.2 Å². The van der Waals surface area contributed by atoms with Gasteiger partial charge in [0.2, 0.25) is 0 Å². The van der Waals surface area contributed by atoms with Crippen molar-refractivity contribution in [3.8, 4) is 0 Å². The maximum absolute atomic E-state index is 12.1. The topological polar surface area (TPSA) is 64.6 Å². The lowest BCUT2D eigenvalue weighted by Gasteiger charge is -2.18. The zero-order valence-electron chi connectivity index (χ0n) is 13.1. The highest BCUT2D eigenvalue weighted by Gasteiger charge is 2.43. The van der Waals surface area contributed by atoms with Crippen LogP contribution in [0.3, 0.4) is 0 Å². The van der Waals surface area contributed by atoms with Crippen molar-refractivity contribution in [3.05, 3.63) is 48.0 Å². The van der Waals surface area contributed by atoms with Gasteiger partial charge >= 0.3 is 11.9 Å². The maximum Gasteiger partial charge on any atom is 0.322 e. The molecule has 0 bridgehead atoms. The van der Waals surface area contributed by atoms with Gasteiger partial charge < -0.3 is 9.47 Å². The first kappa shape index (κ1) is 15.5. The van der Waals surface area contributed by atoms with Crippen molar-refractivity contribution in [2.24, 2.45) is 5.92 Å². The molecule has 1 saturated heterocycles. The molecular formula is C18H19NO4. The number of benzene rings is 2. The van der Waals surface area contributed by atoms with E-state index in [-0.39, 0.29) is 18.0 Å². The number of carbonyl (C=O) groups is 2. The van der Waals surface area contributed by atoms with E-state index in [0.29, 0.717) is 6.42 Å². The standard InChI is InChI=1S/C18H19NO4/c1-22-17(20)14-10-15(18(21)23-2)19-16(14)13-8-7-11-5-3-4-6-12(11)9-13/h3-9,14-16,19H,10H2,1-2H3/t14-,15-,16-/m1/s1. The number of rotatable bonds is 3. The molecule has 120 valence electrons. The highest BCUT2D eigenvalue weighted by atomic mass is 16.5. The fourth-order valence-corrected chi connectivity index (χ4v) is 3.21. The minimum atomic E-state index is -0.499. The van der Waals surface area contributed by atoms with Crippen LogP contribution >= 0.6 is 0 Å². The summed E-state index contributed by atoms with van der Waals surface area (Å²) in [4.78, 5) is 23.9. The smallest absolute Gasteiger partial charge is 0.322 e. The third-order valence-corrected chi connectivity index (χ3v) is 4.40. The Bertz CT molecular complexity index is 743. The molecule has 0 aliphatic carbocycles. The first-order valence-electron chi connectivity index (χ1n) is 7.54. The lowest BCUT2D eigenvalue weighted by Crippen LogP contribution is -2.33. The van der Waals surface area contributed by atoms with E-state index in [9.17, 15) is 9.59 Å². The number of esters is 2. The molecule has 0 saturated carbocycles. The van der Waals surface area contributed by atoms with Crippen LogP contribution in [0.15, 0.2) is 42.5 Å². The van der Waals surface area contributed by atoms with E-state index in [1.165, 1.54) is 14.2 Å². The summed E-state index contributed by atoms with van der Waals surface area (Å²) in [5.74, 6) is -1.09. The summed E-state index contributed by atoms with van der Waals surface area (Å²) in [5, 5.41) is 5.44. The van der Waals surface area contributed by atoms with Gasteiger partial charge in [0.15, 0.2) is 0 Å². The number of hydrogen-bond acceptors (Lipinski definition) is 5. The van der Waals surface area contributed by atoms with Crippen LogP contribution in [-0.2, 0) is 19.1 Å². The number of hydrogen-bond donors (Lipinski definition) is 1. The molecule has 1 N–H and O–H groups in total. The minimum absolute atomic E-state index is 0.267. The second kappa shape index (κ2) is 6.38. The van der Waals surface area contributed by atoms with Gasteiger partial charge in [0.1, 0.15) is 6.04 Å². The van der Waals surface area contributed by atoms with Gasteiger partial charge in [-0.1, -0.05) is 36.4 Å². The van der Waals surface area contributed by atoms with Crippen molar-refractivity contribution in [2.45, 2.75) is 18.5 Å². The van der Waals surface area contributed by atoms with Crippen LogP contribution in [0.5, 0.6) is 0 Å². The van der Waals surface area contributed by atoms with Crippen LogP contribution in [0.25, 0.3) is 10.8 Å². The summed E-state index contributed by atoms with van der Waals surface area (Å²) in [6.45, 7) is 0. The molecule has 23 heavy (non-hydrogen) atoms. The van der Waals surface area contributed by atoms with Crippen molar-refractivity contribution in [3.63, 3.8) is 0 Å². The van der Waals surface area contributed by atoms with Gasteiger partial charge in [-0.05, 0) is 28.8 Å². The Morgan fingerprint density at radius 1 is 1.00 bits per heavy atom. The van der Waals surface area contributed by atoms with E-state index >= 15 is 0 Å². The largest absolute Gasteiger partial charge is 0.469 e. The highest BCUT2D eigenvalue weighted by molar-refractivity contribution is 5.84. The second-order valence-corrected chi connectivity index (χ2v) is 5.69. The molecule has 0 spiro atoms. The first-order chi connectivity index (χ1) is 11.1. The van der Waals surface area contributed by atoms with Crippen molar-refractivity contribution in [1.82, 2.24) is 5.32 Å². The van der Waals surface area contributed by atoms with E-state index in [1.807, 2.05) is 42.5 Å². The molecule has 5 heteroatoms. The third kappa shape index (κ3) is 2.92. The average Bonchev–Trinajstić information content (AvgIpc) is 3.05. The predicted molar refractivity (Wildman–Crippen MR) is 85.8 cm³/mol. The van der Waals surface area contributed by atoms with Crippen LogP contribution < -0.4 is 5.32 Å². The average molecular weight is 313 g/mol. The van der Waals surface area contributed by atoms with Crippen LogP contribution in [0.4, 0.5) is 0 Å². The Kier molecular flexibility index (Phi) is 4.30. The quantitative estimate of drug-likeness (QED) is 0.880. The predicted octanol–water partition coefficient (Wildman–Crippen LogP) is 2.20. The normalized spacial score (nSPS) is 23.7. The third-order valence-electron chi connectivity index (χ3n) is 4.40. The fourth-order valence-electron chi connectivity index (χ4n) is 3.21. The van der Waals surface area contributed by atoms with Gasteiger partial charge in [-0.2, -0.15) is 0 Å². The maximum atomic E-state index is 12.1. The second-order valence-electron chi connectivity index (χ2n) is 5.69. The van der Waals surface area contributed by atoms with Crippen LogP contribution in [0.2, 0.25) is 0 Å². The molecule has 5 nitrogen and oxygen atoms in total. The molecule has 0 unspecified atom stereocenters. The number of ether oxygens (including phenoxy) is 2. The zero-order valence-corrected chi connectivity index (χ0v) is 13.1. The SMILES string of the molecule is COC(=O)[C@H]1C[C@@H](C(=O)OC)[C@@H](c2ccc3ccccc3c2)N1. The highest BCUT2D eigenvalue weighted by Crippen LogP contribution is 2.35. The Morgan fingerprint density at radius 2 is 1.70 bits per heavy atom. The Hall–Kier alpha value is -2.40. The summed E-state index contributed by atoms with van der Waals surface area (Å²) in [7, 11) is 2.71. The summed E-state index contributed by atoms with van der Waals surface area (Å²) < 4.78 is 9.70. The van der Waals surface area contributed by atoms with Crippen molar-refractivity contribution in [2.75, 3.05) is 14.2 Å². The Balaban J connectivity index is 1.96. The Morgan fingerprint density at radius 3 is 2.39 bits per heavy atom. The molecule has 1 aliphatic rings. The van der Waals surface area contributed by atoms with E-state index in [2.05, 4.69) is 5.32 Å². The monoisotopic (exact) mass is 313 g/mol. The molecule has 1 heterocycles. The lowest BCUT2D eigenvalue weighted by atomic mass is 9.92. The van der Waals surface area contributed by atoms with E-state index in [0.717, 1.165) is 16.3 Å². The zero-order chi connectivity index (χ0) is 16.4. The van der Waals surface area contributed by atoms with Gasteiger partial charge in [0, 0.05) is 6.04 Å². The number of nitrogens with one attached hydrogen (secondary N) is 1. The van der Waals surface area contributed by atoms with Crippen LogP contribution in [0, 0.1) is 5.92 Å². The summed E-state index contributed by atoms with van der Waals surface area (Å²) in [6, 6.07) is 13.3.